The van der Waals surface area contributed by atoms with Crippen LogP contribution in [0.25, 0.3) is 0 Å². The smallest absolute Gasteiger partial charge is 0.409 e. The van der Waals surface area contributed by atoms with Gasteiger partial charge in [-0.05, 0) is 31.5 Å². The highest BCUT2D eigenvalue weighted by molar-refractivity contribution is 7.93. The van der Waals surface area contributed by atoms with Crippen LogP contribution in [0, 0.1) is 5.41 Å². The van der Waals surface area contributed by atoms with Crippen molar-refractivity contribution in [3.05, 3.63) is 29.5 Å². The number of nitrogens with one attached hydrogen (secondary N) is 1. The molecular weight excluding hydrogens is 462 g/mol. The largest absolute Gasteiger partial charge is 0.486 e. The topological polar surface area (TPSA) is 157 Å². The van der Waals surface area contributed by atoms with Gasteiger partial charge in [-0.1, -0.05) is 25.4 Å². The van der Waals surface area contributed by atoms with Crippen molar-refractivity contribution in [1.29, 1.82) is 0 Å². The first-order valence-electron chi connectivity index (χ1n) is 9.71. The van der Waals surface area contributed by atoms with Gasteiger partial charge in [-0.25, -0.2) is 13.2 Å². The summed E-state index contributed by atoms with van der Waals surface area (Å²) in [6, 6.07) is 4.26. The second-order valence-corrected chi connectivity index (χ2v) is 10.2. The maximum Gasteiger partial charge on any atom is 0.409 e. The zero-order valence-electron chi connectivity index (χ0n) is 17.7. The minimum Gasteiger partial charge on any atom is -0.486 e. The van der Waals surface area contributed by atoms with Crippen molar-refractivity contribution in [2.24, 2.45) is 11.1 Å². The van der Waals surface area contributed by atoms with Gasteiger partial charge in [0.1, 0.15) is 16.7 Å². The molecule has 13 heteroatoms. The van der Waals surface area contributed by atoms with Crippen molar-refractivity contribution in [2.45, 2.75) is 44.7 Å². The molecule has 11 nitrogen and oxygen atoms in total. The van der Waals surface area contributed by atoms with Crippen molar-refractivity contribution in [2.75, 3.05) is 16.2 Å². The van der Waals surface area contributed by atoms with Crippen LogP contribution in [0.4, 0.5) is 16.2 Å². The number of carbonyl (C=O) groups is 2. The number of halogens is 1. The van der Waals surface area contributed by atoms with E-state index in [2.05, 4.69) is 10.4 Å². The number of nitrogens with zero attached hydrogens (tertiary/aromatic N) is 3. The molecule has 1 aliphatic heterocycles. The van der Waals surface area contributed by atoms with Gasteiger partial charge in [-0.2, -0.15) is 5.10 Å². The van der Waals surface area contributed by atoms with Crippen LogP contribution in [0.1, 0.15) is 27.2 Å². The average molecular weight is 486 g/mol. The van der Waals surface area contributed by atoms with Crippen molar-refractivity contribution < 1.29 is 27.9 Å². The van der Waals surface area contributed by atoms with Gasteiger partial charge in [0.15, 0.2) is 5.15 Å². The normalized spacial score (nSPS) is 16.2. The molecule has 1 aliphatic rings. The highest BCUT2D eigenvalue weighted by Crippen LogP contribution is 2.41. The number of aryl methyl sites for hydroxylation is 1. The van der Waals surface area contributed by atoms with Crippen LogP contribution in [0.15, 0.2) is 29.3 Å². The summed E-state index contributed by atoms with van der Waals surface area (Å²) in [5, 5.41) is 15.0. The number of rotatable bonds is 7. The Morgan fingerprint density at radius 1 is 1.41 bits per heavy atom. The Bertz CT molecular complexity index is 1160. The van der Waals surface area contributed by atoms with Gasteiger partial charge >= 0.3 is 6.09 Å². The predicted molar refractivity (Wildman–Crippen MR) is 118 cm³/mol. The number of anilines is 2. The van der Waals surface area contributed by atoms with Crippen molar-refractivity contribution >= 4 is 45.0 Å². The number of sulfonamides is 1. The summed E-state index contributed by atoms with van der Waals surface area (Å²) in [6.45, 7) is 5.35. The molecule has 0 radical (unpaired) electrons. The van der Waals surface area contributed by atoms with E-state index in [9.17, 15) is 18.0 Å². The maximum atomic E-state index is 13.6. The Kier molecular flexibility index (Phi) is 6.29. The van der Waals surface area contributed by atoms with E-state index in [-0.39, 0.29) is 40.1 Å². The third kappa shape index (κ3) is 4.60. The lowest BCUT2D eigenvalue weighted by atomic mass is 9.85. The minimum atomic E-state index is -4.20. The third-order valence-corrected chi connectivity index (χ3v) is 7.30. The van der Waals surface area contributed by atoms with E-state index < -0.39 is 33.5 Å². The Labute approximate surface area is 190 Å². The Morgan fingerprint density at radius 2 is 2.09 bits per heavy atom. The number of aromatic nitrogens is 2. The van der Waals surface area contributed by atoms with E-state index >= 15 is 0 Å². The molecule has 2 aromatic rings. The van der Waals surface area contributed by atoms with Gasteiger partial charge in [-0.3, -0.25) is 19.1 Å². The lowest BCUT2D eigenvalue weighted by Gasteiger charge is -2.37. The first-order chi connectivity index (χ1) is 14.8. The van der Waals surface area contributed by atoms with E-state index in [1.54, 1.807) is 20.8 Å². The van der Waals surface area contributed by atoms with Gasteiger partial charge in [0.2, 0.25) is 5.91 Å². The molecule has 4 N–H and O–H groups in total. The monoisotopic (exact) mass is 485 g/mol. The summed E-state index contributed by atoms with van der Waals surface area (Å²) in [5.74, 6) is -0.338. The maximum absolute atomic E-state index is 13.6. The van der Waals surface area contributed by atoms with E-state index in [1.807, 2.05) is 0 Å². The third-order valence-electron chi connectivity index (χ3n) is 5.12. The van der Waals surface area contributed by atoms with Crippen LogP contribution in [-0.4, -0.2) is 48.0 Å². The highest BCUT2D eigenvalue weighted by atomic mass is 35.5. The molecule has 1 unspecified atom stereocenters. The van der Waals surface area contributed by atoms with Crippen LogP contribution >= 0.6 is 11.6 Å². The molecule has 0 fully saturated rings. The standard InChI is InChI=1S/C19H24ClN5O6S/c1-4-24-10-15(16(20)23-24)32(29,30)25-9-12(8-19(2,3)17(21)26)31-14-6-5-11(7-13(14)25)22-18(27)28/h5-7,10,12,22H,4,8-9H2,1-3H3,(H2,21,26)(H,27,28). The minimum absolute atomic E-state index is 0.129. The second kappa shape index (κ2) is 8.51. The van der Waals surface area contributed by atoms with Gasteiger partial charge < -0.3 is 15.6 Å². The molecule has 0 saturated heterocycles. The molecule has 2 amide bonds. The van der Waals surface area contributed by atoms with Crippen molar-refractivity contribution in [1.82, 2.24) is 9.78 Å². The SMILES string of the molecule is CCn1cc(S(=O)(=O)N2CC(CC(C)(C)C(N)=O)Oc3ccc(NC(=O)O)cc32)c(Cl)n1. The molecule has 174 valence electrons. The van der Waals surface area contributed by atoms with E-state index in [0.717, 1.165) is 4.31 Å². The first kappa shape index (κ1) is 23.7. The molecule has 0 aliphatic carbocycles. The number of primary amides is 1. The number of hydrogen-bond donors (Lipinski definition) is 3. The summed E-state index contributed by atoms with van der Waals surface area (Å²) in [6.07, 6.45) is -0.512. The van der Waals surface area contributed by atoms with E-state index in [0.29, 0.717) is 6.54 Å². The lowest BCUT2D eigenvalue weighted by Crippen LogP contribution is -2.47. The Hall–Kier alpha value is -2.99. The molecule has 0 saturated carbocycles. The predicted octanol–water partition coefficient (Wildman–Crippen LogP) is 2.50. The highest BCUT2D eigenvalue weighted by Gasteiger charge is 2.40. The summed E-state index contributed by atoms with van der Waals surface area (Å²) >= 11 is 6.12. The number of ether oxygens (including phenoxy) is 1. The quantitative estimate of drug-likeness (QED) is 0.543. The van der Waals surface area contributed by atoms with Crippen LogP contribution in [0.5, 0.6) is 5.75 Å². The van der Waals surface area contributed by atoms with Crippen molar-refractivity contribution in [3.8, 4) is 5.75 Å². The van der Waals surface area contributed by atoms with E-state index in [1.165, 1.54) is 29.1 Å². The van der Waals surface area contributed by atoms with Gasteiger partial charge in [0, 0.05) is 23.8 Å². The molecule has 1 aromatic heterocycles. The fourth-order valence-electron chi connectivity index (χ4n) is 3.35. The second-order valence-electron chi connectivity index (χ2n) is 7.98. The van der Waals surface area contributed by atoms with Crippen molar-refractivity contribution in [3.63, 3.8) is 0 Å². The summed E-state index contributed by atoms with van der Waals surface area (Å²) < 4.78 is 35.6. The number of fused-ring (bicyclic) bond motifs is 1. The number of carbonyl (C=O) groups excluding carboxylic acids is 1. The number of hydrogen-bond acceptors (Lipinski definition) is 6. The Balaban J connectivity index is 2.09. The summed E-state index contributed by atoms with van der Waals surface area (Å²) in [7, 11) is -4.20. The number of carboxylic acid groups (broad SMARTS) is 1. The van der Waals surface area contributed by atoms with E-state index in [4.69, 9.17) is 27.2 Å². The van der Waals surface area contributed by atoms with Crippen LogP contribution in [-0.2, 0) is 21.4 Å². The fraction of sp³-hybridized carbons (Fsp3) is 0.421. The van der Waals surface area contributed by atoms with Crippen LogP contribution in [0.2, 0.25) is 5.15 Å². The van der Waals surface area contributed by atoms with Crippen LogP contribution < -0.4 is 20.1 Å². The van der Waals surface area contributed by atoms with Gasteiger partial charge in [0.05, 0.1) is 12.2 Å². The molecule has 1 atom stereocenters. The number of nitrogens with two attached hydrogens (primary N) is 1. The molecule has 32 heavy (non-hydrogen) atoms. The number of amides is 2. The van der Waals surface area contributed by atoms with Gasteiger partial charge in [0.25, 0.3) is 10.0 Å². The van der Waals surface area contributed by atoms with Gasteiger partial charge in [-0.15, -0.1) is 0 Å². The average Bonchev–Trinajstić information content (AvgIpc) is 3.08. The first-order valence-corrected chi connectivity index (χ1v) is 11.5. The molecule has 0 spiro atoms. The fourth-order valence-corrected chi connectivity index (χ4v) is 5.30. The zero-order valence-corrected chi connectivity index (χ0v) is 19.3. The summed E-state index contributed by atoms with van der Waals surface area (Å²) in [4.78, 5) is 22.7. The number of benzene rings is 1. The Morgan fingerprint density at radius 3 is 2.66 bits per heavy atom. The molecular formula is C19H24ClN5O6S. The van der Waals surface area contributed by atoms with Crippen LogP contribution in [0.3, 0.4) is 0 Å². The molecule has 2 heterocycles. The zero-order chi connectivity index (χ0) is 23.8. The lowest BCUT2D eigenvalue weighted by molar-refractivity contribution is -0.127. The molecule has 0 bridgehead atoms. The molecule has 3 rings (SSSR count). The molecule has 1 aromatic carbocycles. The summed E-state index contributed by atoms with van der Waals surface area (Å²) in [5.41, 5.74) is 4.82.